The fraction of sp³-hybridized carbons (Fsp3) is 1.00. The summed E-state index contributed by atoms with van der Waals surface area (Å²) in [6, 6.07) is 0. The quantitative estimate of drug-likeness (QED) is 0.502. The van der Waals surface area contributed by atoms with Crippen molar-refractivity contribution in [2.24, 2.45) is 0 Å². The summed E-state index contributed by atoms with van der Waals surface area (Å²) in [6.07, 6.45) is 0.0181. The molecular weight excluding hydrogens is 238 g/mol. The molecule has 0 bridgehead atoms. The zero-order valence-electron chi connectivity index (χ0n) is 11.2. The van der Waals surface area contributed by atoms with Crippen molar-refractivity contribution in [1.82, 2.24) is 5.32 Å². The normalized spacial score (nSPS) is 27.3. The van der Waals surface area contributed by atoms with Crippen molar-refractivity contribution in [3.8, 4) is 0 Å². The standard InChI is InChI=1S/C12H25NO5/c1-10(6-16-2)18-7-11(14)5-13-8-12(15)3-4-17-9-12/h10-11,13-15H,3-9H2,1-2H3. The van der Waals surface area contributed by atoms with Gasteiger partial charge in [0.1, 0.15) is 5.60 Å². The molecule has 1 rings (SSSR count). The summed E-state index contributed by atoms with van der Waals surface area (Å²) in [7, 11) is 1.61. The summed E-state index contributed by atoms with van der Waals surface area (Å²) in [6.45, 7) is 4.43. The van der Waals surface area contributed by atoms with Gasteiger partial charge in [0, 0.05) is 33.2 Å². The van der Waals surface area contributed by atoms with Gasteiger partial charge in [-0.15, -0.1) is 0 Å². The maximum Gasteiger partial charge on any atom is 0.102 e. The first-order valence-electron chi connectivity index (χ1n) is 6.35. The van der Waals surface area contributed by atoms with Gasteiger partial charge >= 0.3 is 0 Å². The van der Waals surface area contributed by atoms with E-state index < -0.39 is 11.7 Å². The van der Waals surface area contributed by atoms with Crippen LogP contribution in [0.1, 0.15) is 13.3 Å². The Morgan fingerprint density at radius 2 is 2.22 bits per heavy atom. The third-order valence-corrected chi connectivity index (χ3v) is 2.89. The molecule has 1 aliphatic rings. The van der Waals surface area contributed by atoms with Gasteiger partial charge in [0.05, 0.1) is 32.0 Å². The summed E-state index contributed by atoms with van der Waals surface area (Å²) in [4.78, 5) is 0. The topological polar surface area (TPSA) is 80.2 Å². The minimum atomic E-state index is -0.788. The highest BCUT2D eigenvalue weighted by Gasteiger charge is 2.31. The predicted octanol–water partition coefficient (Wildman–Crippen LogP) is -0.860. The highest BCUT2D eigenvalue weighted by atomic mass is 16.5. The van der Waals surface area contributed by atoms with Crippen molar-refractivity contribution in [1.29, 1.82) is 0 Å². The highest BCUT2D eigenvalue weighted by molar-refractivity contribution is 4.85. The second-order valence-corrected chi connectivity index (χ2v) is 4.91. The number of ether oxygens (including phenoxy) is 3. The van der Waals surface area contributed by atoms with E-state index in [1.54, 1.807) is 7.11 Å². The van der Waals surface area contributed by atoms with Crippen LogP contribution in [0, 0.1) is 0 Å². The van der Waals surface area contributed by atoms with Crippen LogP contribution in [-0.4, -0.2) is 74.6 Å². The highest BCUT2D eigenvalue weighted by Crippen LogP contribution is 2.16. The number of methoxy groups -OCH3 is 1. The van der Waals surface area contributed by atoms with Gasteiger partial charge in [-0.1, -0.05) is 0 Å². The molecule has 0 aliphatic carbocycles. The number of rotatable bonds is 9. The largest absolute Gasteiger partial charge is 0.389 e. The number of nitrogens with one attached hydrogen (secondary N) is 1. The van der Waals surface area contributed by atoms with Crippen molar-refractivity contribution in [2.75, 3.05) is 46.6 Å². The third-order valence-electron chi connectivity index (χ3n) is 2.89. The lowest BCUT2D eigenvalue weighted by molar-refractivity contribution is -0.0332. The fourth-order valence-corrected chi connectivity index (χ4v) is 1.82. The average Bonchev–Trinajstić information content (AvgIpc) is 2.74. The first-order chi connectivity index (χ1) is 8.56. The van der Waals surface area contributed by atoms with Gasteiger partial charge in [0.25, 0.3) is 0 Å². The van der Waals surface area contributed by atoms with Gasteiger partial charge in [-0.05, 0) is 6.92 Å². The second kappa shape index (κ2) is 8.04. The van der Waals surface area contributed by atoms with Gasteiger partial charge in [0.2, 0.25) is 0 Å². The van der Waals surface area contributed by atoms with Crippen LogP contribution in [0.5, 0.6) is 0 Å². The fourth-order valence-electron chi connectivity index (χ4n) is 1.82. The van der Waals surface area contributed by atoms with Crippen LogP contribution in [-0.2, 0) is 14.2 Å². The Bertz CT molecular complexity index is 221. The summed E-state index contributed by atoms with van der Waals surface area (Å²) in [5, 5.41) is 22.7. The molecule has 108 valence electrons. The maximum absolute atomic E-state index is 9.98. The first kappa shape index (κ1) is 15.8. The molecule has 0 spiro atoms. The van der Waals surface area contributed by atoms with E-state index in [4.69, 9.17) is 14.2 Å². The van der Waals surface area contributed by atoms with Crippen molar-refractivity contribution in [3.05, 3.63) is 0 Å². The number of aliphatic hydroxyl groups is 2. The third kappa shape index (κ3) is 6.08. The summed E-state index contributed by atoms with van der Waals surface area (Å²) in [5.41, 5.74) is -0.788. The molecule has 0 radical (unpaired) electrons. The Labute approximate surface area is 108 Å². The van der Waals surface area contributed by atoms with E-state index in [0.29, 0.717) is 39.3 Å². The Morgan fingerprint density at radius 1 is 1.44 bits per heavy atom. The lowest BCUT2D eigenvalue weighted by atomic mass is 10.0. The molecule has 3 atom stereocenters. The SMILES string of the molecule is COCC(C)OCC(O)CNCC1(O)CCOC1. The predicted molar refractivity (Wildman–Crippen MR) is 66.6 cm³/mol. The number of aliphatic hydroxyl groups excluding tert-OH is 1. The van der Waals surface area contributed by atoms with Crippen LogP contribution in [0.4, 0.5) is 0 Å². The van der Waals surface area contributed by atoms with E-state index in [2.05, 4.69) is 5.32 Å². The lowest BCUT2D eigenvalue weighted by Crippen LogP contribution is -2.44. The van der Waals surface area contributed by atoms with E-state index in [-0.39, 0.29) is 12.7 Å². The molecule has 0 amide bonds. The Morgan fingerprint density at radius 3 is 2.83 bits per heavy atom. The van der Waals surface area contributed by atoms with Gasteiger partial charge in [-0.3, -0.25) is 0 Å². The molecule has 3 unspecified atom stereocenters. The Kier molecular flexibility index (Phi) is 7.06. The molecule has 1 fully saturated rings. The van der Waals surface area contributed by atoms with Crippen molar-refractivity contribution >= 4 is 0 Å². The monoisotopic (exact) mass is 263 g/mol. The van der Waals surface area contributed by atoms with E-state index in [1.165, 1.54) is 0 Å². The van der Waals surface area contributed by atoms with Gasteiger partial charge < -0.3 is 29.7 Å². The van der Waals surface area contributed by atoms with Gasteiger partial charge in [-0.2, -0.15) is 0 Å². The molecular formula is C12H25NO5. The van der Waals surface area contributed by atoms with Gasteiger partial charge in [0.15, 0.2) is 0 Å². The van der Waals surface area contributed by atoms with Crippen LogP contribution < -0.4 is 5.32 Å². The summed E-state index contributed by atoms with van der Waals surface area (Å²) in [5.74, 6) is 0. The van der Waals surface area contributed by atoms with Crippen molar-refractivity contribution < 1.29 is 24.4 Å². The molecule has 1 aliphatic heterocycles. The lowest BCUT2D eigenvalue weighted by Gasteiger charge is -2.22. The van der Waals surface area contributed by atoms with E-state index in [9.17, 15) is 10.2 Å². The van der Waals surface area contributed by atoms with E-state index in [0.717, 1.165) is 0 Å². The summed E-state index contributed by atoms with van der Waals surface area (Å²) < 4.78 is 15.5. The second-order valence-electron chi connectivity index (χ2n) is 4.91. The van der Waals surface area contributed by atoms with Crippen LogP contribution in [0.2, 0.25) is 0 Å². The molecule has 3 N–H and O–H groups in total. The van der Waals surface area contributed by atoms with Crippen LogP contribution >= 0.6 is 0 Å². The van der Waals surface area contributed by atoms with Gasteiger partial charge in [-0.25, -0.2) is 0 Å². The van der Waals surface area contributed by atoms with Crippen LogP contribution in [0.25, 0.3) is 0 Å². The van der Waals surface area contributed by atoms with Crippen LogP contribution in [0.3, 0.4) is 0 Å². The molecule has 0 aromatic heterocycles. The molecule has 6 heteroatoms. The molecule has 18 heavy (non-hydrogen) atoms. The minimum Gasteiger partial charge on any atom is -0.389 e. The molecule has 0 aromatic rings. The zero-order valence-corrected chi connectivity index (χ0v) is 11.2. The molecule has 1 saturated heterocycles. The summed E-state index contributed by atoms with van der Waals surface area (Å²) >= 11 is 0. The molecule has 1 heterocycles. The van der Waals surface area contributed by atoms with E-state index >= 15 is 0 Å². The Balaban J connectivity index is 2.04. The van der Waals surface area contributed by atoms with E-state index in [1.807, 2.05) is 6.92 Å². The van der Waals surface area contributed by atoms with Crippen molar-refractivity contribution in [3.63, 3.8) is 0 Å². The molecule has 0 aromatic carbocycles. The first-order valence-corrected chi connectivity index (χ1v) is 6.35. The number of hydrogen-bond donors (Lipinski definition) is 3. The Hall–Kier alpha value is -0.240. The van der Waals surface area contributed by atoms with Crippen molar-refractivity contribution in [2.45, 2.75) is 31.2 Å². The maximum atomic E-state index is 9.98. The number of hydrogen-bond acceptors (Lipinski definition) is 6. The minimum absolute atomic E-state index is 0.0305. The average molecular weight is 263 g/mol. The zero-order chi connectivity index (χ0) is 13.4. The smallest absolute Gasteiger partial charge is 0.102 e. The molecule has 6 nitrogen and oxygen atoms in total. The molecule has 0 saturated carbocycles. The van der Waals surface area contributed by atoms with Crippen LogP contribution in [0.15, 0.2) is 0 Å².